The van der Waals surface area contributed by atoms with Gasteiger partial charge in [-0.25, -0.2) is 0 Å². The van der Waals surface area contributed by atoms with Crippen molar-refractivity contribution in [3.63, 3.8) is 0 Å². The van der Waals surface area contributed by atoms with E-state index in [4.69, 9.17) is 9.47 Å². The number of aliphatic hydroxyl groups is 1. The Bertz CT molecular complexity index is 2010. The first-order chi connectivity index (χ1) is 23.6. The molecule has 2 aliphatic rings. The van der Waals surface area contributed by atoms with Gasteiger partial charge in [-0.15, -0.1) is 5.10 Å². The number of aromatic nitrogens is 4. The van der Waals surface area contributed by atoms with Gasteiger partial charge in [0.1, 0.15) is 5.75 Å². The smallest absolute Gasteiger partial charge is 0.261 e. The van der Waals surface area contributed by atoms with E-state index in [2.05, 4.69) is 58.1 Å². The lowest BCUT2D eigenvalue weighted by molar-refractivity contribution is -0.143. The molecule has 0 aliphatic carbocycles. The van der Waals surface area contributed by atoms with Crippen LogP contribution in [-0.4, -0.2) is 64.8 Å². The number of fused-ring (bicyclic) bond motifs is 3. The third-order valence-electron chi connectivity index (χ3n) is 10.5. The molecule has 2 amide bonds. The summed E-state index contributed by atoms with van der Waals surface area (Å²) in [5.74, 6) is 0.287. The van der Waals surface area contributed by atoms with Crippen molar-refractivity contribution >= 4 is 47.4 Å². The van der Waals surface area contributed by atoms with Gasteiger partial charge in [0, 0.05) is 65.7 Å². The fourth-order valence-electron chi connectivity index (χ4n) is 8.07. The molecular weight excluding hydrogens is 637 g/mol. The van der Waals surface area contributed by atoms with Crippen LogP contribution in [0.1, 0.15) is 30.2 Å². The number of ether oxygens (including phenoxy) is 2. The summed E-state index contributed by atoms with van der Waals surface area (Å²) in [5.41, 5.74) is 3.51. The second-order valence-electron chi connectivity index (χ2n) is 13.7. The second kappa shape index (κ2) is 12.9. The summed E-state index contributed by atoms with van der Waals surface area (Å²) in [6, 6.07) is 21.8. The van der Waals surface area contributed by atoms with Crippen LogP contribution in [0.3, 0.4) is 0 Å². The minimum atomic E-state index is -2.31. The zero-order valence-electron chi connectivity index (χ0n) is 28.2. The molecule has 1 saturated heterocycles. The van der Waals surface area contributed by atoms with Crippen molar-refractivity contribution in [1.29, 1.82) is 0 Å². The summed E-state index contributed by atoms with van der Waals surface area (Å²) in [4.78, 5) is 30.7. The molecule has 4 N–H and O–H groups in total. The number of carbonyl (C=O) groups is 2. The Morgan fingerprint density at radius 3 is 2.71 bits per heavy atom. The Morgan fingerprint density at radius 1 is 1.14 bits per heavy atom. The van der Waals surface area contributed by atoms with Gasteiger partial charge in [-0.2, -0.15) is 0 Å². The number of methoxy groups -OCH3 is 1. The molecule has 0 radical (unpaired) electrons. The molecule has 5 aromatic rings. The number of hydrogen-bond donors (Lipinski definition) is 4. The molecule has 7 rings (SSSR count). The highest BCUT2D eigenvalue weighted by Crippen LogP contribution is 2.59. The molecule has 49 heavy (non-hydrogen) atoms. The average molecular weight is 679 g/mol. The summed E-state index contributed by atoms with van der Waals surface area (Å²) < 4.78 is 14.3. The molecule has 2 aliphatic heterocycles. The molecule has 4 heterocycles. The van der Waals surface area contributed by atoms with Crippen LogP contribution in [-0.2, 0) is 39.3 Å². The van der Waals surface area contributed by atoms with Gasteiger partial charge >= 0.3 is 0 Å². The monoisotopic (exact) mass is 678 g/mol. The van der Waals surface area contributed by atoms with Crippen LogP contribution < -0.4 is 20.6 Å². The molecule has 1 spiro atoms. The van der Waals surface area contributed by atoms with Crippen molar-refractivity contribution in [2.24, 2.45) is 5.92 Å². The van der Waals surface area contributed by atoms with E-state index >= 15 is 0 Å². The van der Waals surface area contributed by atoms with Crippen LogP contribution >= 0.6 is 0 Å². The van der Waals surface area contributed by atoms with Gasteiger partial charge < -0.3 is 30.2 Å². The van der Waals surface area contributed by atoms with E-state index in [1.54, 1.807) is 11.8 Å². The minimum absolute atomic E-state index is 0.00811. The number of anilines is 2. The average Bonchev–Trinajstić information content (AvgIpc) is 3.86. The molecule has 0 unspecified atom stereocenters. The third-order valence-corrected chi connectivity index (χ3v) is 14.9. The van der Waals surface area contributed by atoms with Crippen molar-refractivity contribution in [3.05, 3.63) is 95.9 Å². The molecule has 2 aromatic heterocycles. The number of amides is 2. The second-order valence-corrected chi connectivity index (χ2v) is 18.4. The molecule has 4 atom stereocenters. The summed E-state index contributed by atoms with van der Waals surface area (Å²) in [7, 11) is -0.647. The number of benzene rings is 3. The van der Waals surface area contributed by atoms with Gasteiger partial charge in [-0.1, -0.05) is 60.7 Å². The van der Waals surface area contributed by atoms with E-state index in [-0.39, 0.29) is 42.4 Å². The van der Waals surface area contributed by atoms with Gasteiger partial charge in [0.2, 0.25) is 5.91 Å². The van der Waals surface area contributed by atoms with Crippen LogP contribution in [0.5, 0.6) is 5.75 Å². The highest BCUT2D eigenvalue weighted by atomic mass is 28.3. The van der Waals surface area contributed by atoms with Gasteiger partial charge in [-0.05, 0) is 53.9 Å². The third kappa shape index (κ3) is 5.83. The predicted octanol–water partition coefficient (Wildman–Crippen LogP) is 4.74. The highest BCUT2D eigenvalue weighted by Gasteiger charge is 2.64. The first kappa shape index (κ1) is 32.7. The van der Waals surface area contributed by atoms with Gasteiger partial charge in [0.15, 0.2) is 5.60 Å². The van der Waals surface area contributed by atoms with Gasteiger partial charge in [0.25, 0.3) is 5.91 Å². The summed E-state index contributed by atoms with van der Waals surface area (Å²) in [5, 5.41) is 26.3. The lowest BCUT2D eigenvalue weighted by Gasteiger charge is -2.37. The van der Waals surface area contributed by atoms with Crippen LogP contribution in [0.2, 0.25) is 18.6 Å². The Hall–Kier alpha value is -4.78. The zero-order valence-corrected chi connectivity index (χ0v) is 29.2. The number of aliphatic hydroxyl groups excluding tert-OH is 1. The number of aromatic amines is 1. The van der Waals surface area contributed by atoms with Crippen LogP contribution in [0.25, 0.3) is 10.9 Å². The fourth-order valence-corrected chi connectivity index (χ4v) is 12.1. The van der Waals surface area contributed by atoms with Crippen LogP contribution in [0.15, 0.2) is 79.1 Å². The topological polar surface area (TPSA) is 143 Å². The van der Waals surface area contributed by atoms with Crippen LogP contribution in [0.4, 0.5) is 11.4 Å². The van der Waals surface area contributed by atoms with Crippen molar-refractivity contribution in [2.75, 3.05) is 24.4 Å². The molecule has 254 valence electrons. The normalized spacial score (nSPS) is 21.7. The van der Waals surface area contributed by atoms with Crippen molar-refractivity contribution in [1.82, 2.24) is 20.0 Å². The van der Waals surface area contributed by atoms with E-state index in [1.165, 1.54) is 5.19 Å². The maximum absolute atomic E-state index is 14.1. The van der Waals surface area contributed by atoms with Crippen LogP contribution in [0, 0.1) is 5.92 Å². The van der Waals surface area contributed by atoms with E-state index in [9.17, 15) is 14.7 Å². The first-order valence-electron chi connectivity index (χ1n) is 16.8. The fraction of sp³-hybridized carbons (Fsp3) is 0.351. The Balaban J connectivity index is 1.20. The first-order valence-corrected chi connectivity index (χ1v) is 19.8. The number of H-pyrrole nitrogens is 1. The maximum atomic E-state index is 14.1. The standard InChI is InChI=1S/C37H42N6O5Si/c1-23-35(49(3,4)28-12-10-27(47-2)11-13-28)33(15-17-43-22-26(16-18-44)41-42-43)48-37(23)30-20-25(9-14-32(30)40-36(37)46)39-34(45)19-24-21-38-31-8-6-5-7-29(24)31/h5-14,20-23,33,35,38,44H,15-19H2,1-4H3,(H,39,45)(H,40,46)/t23-,33+,35-,37+/m0/s1. The lowest BCUT2D eigenvalue weighted by Crippen LogP contribution is -2.51. The van der Waals surface area contributed by atoms with Gasteiger partial charge in [0.05, 0.1) is 33.4 Å². The SMILES string of the molecule is COc1ccc([Si](C)(C)[C@@H]2[C@@H](CCn3cc(CCO)nn3)O[C@]3(C(=O)Nc4ccc(NC(=O)Cc5c[nH]c6ccccc56)cc43)[C@H]2C)cc1. The van der Waals surface area contributed by atoms with E-state index in [1.807, 2.05) is 67.0 Å². The van der Waals surface area contributed by atoms with E-state index < -0.39 is 13.7 Å². The maximum Gasteiger partial charge on any atom is 0.261 e. The predicted molar refractivity (Wildman–Crippen MR) is 191 cm³/mol. The quantitative estimate of drug-likeness (QED) is 0.148. The molecular formula is C37H42N6O5Si. The van der Waals surface area contributed by atoms with Crippen molar-refractivity contribution in [2.45, 2.75) is 63.1 Å². The summed E-state index contributed by atoms with van der Waals surface area (Å²) in [6.07, 6.45) is 4.74. The zero-order chi connectivity index (χ0) is 34.3. The summed E-state index contributed by atoms with van der Waals surface area (Å²) >= 11 is 0. The molecule has 11 nitrogen and oxygen atoms in total. The van der Waals surface area contributed by atoms with Crippen molar-refractivity contribution in [3.8, 4) is 5.75 Å². The van der Waals surface area contributed by atoms with Gasteiger partial charge in [-0.3, -0.25) is 14.3 Å². The Labute approximate surface area is 286 Å². The van der Waals surface area contributed by atoms with E-state index in [0.717, 1.165) is 33.5 Å². The Morgan fingerprint density at radius 2 is 1.94 bits per heavy atom. The minimum Gasteiger partial charge on any atom is -0.497 e. The van der Waals surface area contributed by atoms with Crippen molar-refractivity contribution < 1.29 is 24.2 Å². The number of nitrogens with one attached hydrogen (secondary N) is 3. The largest absolute Gasteiger partial charge is 0.497 e. The number of rotatable bonds is 11. The molecule has 12 heteroatoms. The Kier molecular flexibility index (Phi) is 8.63. The number of hydrogen-bond acceptors (Lipinski definition) is 7. The number of nitrogens with zero attached hydrogens (tertiary/aromatic N) is 3. The number of carbonyl (C=O) groups excluding carboxylic acids is 2. The molecule has 0 bridgehead atoms. The molecule has 1 fully saturated rings. The summed E-state index contributed by atoms with van der Waals surface area (Å²) in [6.45, 7) is 7.38. The highest BCUT2D eigenvalue weighted by molar-refractivity contribution is 6.91. The molecule has 3 aromatic carbocycles. The molecule has 0 saturated carbocycles. The van der Waals surface area contributed by atoms with E-state index in [0.29, 0.717) is 30.8 Å². The lowest BCUT2D eigenvalue weighted by atomic mass is 9.82. The number of aryl methyl sites for hydroxylation is 1. The number of para-hydroxylation sites is 1.